The first-order valence-electron chi connectivity index (χ1n) is 7.55. The van der Waals surface area contributed by atoms with Crippen molar-refractivity contribution >= 4 is 17.1 Å². The number of fused-ring (bicyclic) bond motifs is 1. The molecule has 1 amide bonds. The van der Waals surface area contributed by atoms with Gasteiger partial charge in [0.25, 0.3) is 5.91 Å². The summed E-state index contributed by atoms with van der Waals surface area (Å²) in [6.45, 7) is 1.72. The number of nitrogens with one attached hydrogen (secondary N) is 2. The third-order valence-corrected chi connectivity index (χ3v) is 4.40. The van der Waals surface area contributed by atoms with Crippen molar-refractivity contribution in [3.05, 3.63) is 23.7 Å². The van der Waals surface area contributed by atoms with Gasteiger partial charge in [-0.25, -0.2) is 9.97 Å². The Morgan fingerprint density at radius 2 is 2.12 bits per heavy atom. The summed E-state index contributed by atoms with van der Waals surface area (Å²) < 4.78 is 38.5. The molecule has 0 bridgehead atoms. The lowest BCUT2D eigenvalue weighted by molar-refractivity contribution is -0.260. The van der Waals surface area contributed by atoms with E-state index >= 15 is 0 Å². The fourth-order valence-corrected chi connectivity index (χ4v) is 2.31. The molecule has 9 heteroatoms. The number of amides is 1. The maximum Gasteiger partial charge on any atom is 0.418 e. The SMILES string of the molecule is C[C@H](NC(=O)c1c[nH]c2ncc(C3CC3)nc12)[C@@](C)(O)C(F)(F)F. The molecule has 24 heavy (non-hydrogen) atoms. The van der Waals surface area contributed by atoms with Crippen LogP contribution in [0.25, 0.3) is 11.2 Å². The molecule has 2 heterocycles. The van der Waals surface area contributed by atoms with Crippen LogP contribution in [0.2, 0.25) is 0 Å². The van der Waals surface area contributed by atoms with E-state index in [2.05, 4.69) is 20.3 Å². The Morgan fingerprint density at radius 1 is 1.46 bits per heavy atom. The molecule has 2 aromatic rings. The summed E-state index contributed by atoms with van der Waals surface area (Å²) in [6, 6.07) is -1.53. The minimum absolute atomic E-state index is 0.102. The van der Waals surface area contributed by atoms with Gasteiger partial charge in [-0.05, 0) is 26.7 Å². The van der Waals surface area contributed by atoms with Crippen LogP contribution in [0.5, 0.6) is 0 Å². The van der Waals surface area contributed by atoms with Crippen LogP contribution in [0.3, 0.4) is 0 Å². The number of nitrogens with zero attached hydrogens (tertiary/aromatic N) is 2. The second-order valence-electron chi connectivity index (χ2n) is 6.31. The molecule has 6 nitrogen and oxygen atoms in total. The molecule has 2 atom stereocenters. The van der Waals surface area contributed by atoms with Crippen molar-refractivity contribution in [3.8, 4) is 0 Å². The monoisotopic (exact) mass is 342 g/mol. The van der Waals surface area contributed by atoms with Crippen molar-refractivity contribution in [1.82, 2.24) is 20.3 Å². The number of carbonyl (C=O) groups excluding carboxylic acids is 1. The second-order valence-corrected chi connectivity index (χ2v) is 6.31. The van der Waals surface area contributed by atoms with Crippen LogP contribution in [0.1, 0.15) is 48.7 Å². The number of aliphatic hydroxyl groups is 1. The Balaban J connectivity index is 1.85. The van der Waals surface area contributed by atoms with Crippen LogP contribution in [-0.2, 0) is 0 Å². The van der Waals surface area contributed by atoms with E-state index in [0.29, 0.717) is 24.0 Å². The zero-order valence-corrected chi connectivity index (χ0v) is 13.1. The first kappa shape index (κ1) is 16.7. The van der Waals surface area contributed by atoms with Gasteiger partial charge in [0, 0.05) is 12.1 Å². The number of alkyl halides is 3. The highest BCUT2D eigenvalue weighted by Crippen LogP contribution is 2.39. The maximum absolute atomic E-state index is 12.8. The normalized spacial score (nSPS) is 19.1. The van der Waals surface area contributed by atoms with Gasteiger partial charge in [-0.15, -0.1) is 0 Å². The number of carbonyl (C=O) groups is 1. The number of hydrogen-bond acceptors (Lipinski definition) is 4. The lowest BCUT2D eigenvalue weighted by Crippen LogP contribution is -2.57. The summed E-state index contributed by atoms with van der Waals surface area (Å²) in [5.74, 6) is -0.418. The van der Waals surface area contributed by atoms with Crippen LogP contribution in [-0.4, -0.2) is 43.8 Å². The minimum Gasteiger partial charge on any atom is -0.379 e. The van der Waals surface area contributed by atoms with E-state index in [0.717, 1.165) is 25.5 Å². The highest BCUT2D eigenvalue weighted by atomic mass is 19.4. The average molecular weight is 342 g/mol. The number of aromatic amines is 1. The van der Waals surface area contributed by atoms with Gasteiger partial charge in [0.05, 0.1) is 23.5 Å². The Labute approximate surface area is 135 Å². The first-order chi connectivity index (χ1) is 11.1. The molecule has 1 aliphatic carbocycles. The van der Waals surface area contributed by atoms with Crippen molar-refractivity contribution in [2.75, 3.05) is 0 Å². The molecule has 2 aromatic heterocycles. The van der Waals surface area contributed by atoms with E-state index in [4.69, 9.17) is 0 Å². The van der Waals surface area contributed by atoms with Gasteiger partial charge in [0.2, 0.25) is 0 Å². The average Bonchev–Trinajstić information content (AvgIpc) is 3.25. The number of rotatable bonds is 4. The Hall–Kier alpha value is -2.16. The van der Waals surface area contributed by atoms with E-state index < -0.39 is 23.7 Å². The molecule has 0 radical (unpaired) electrons. The molecular weight excluding hydrogens is 325 g/mol. The highest BCUT2D eigenvalue weighted by molar-refractivity contribution is 6.04. The van der Waals surface area contributed by atoms with Gasteiger partial charge in [-0.1, -0.05) is 0 Å². The summed E-state index contributed by atoms with van der Waals surface area (Å²) in [5.41, 5.74) is -1.47. The third kappa shape index (κ3) is 2.83. The van der Waals surface area contributed by atoms with E-state index in [1.807, 2.05) is 0 Å². The number of aromatic nitrogens is 3. The van der Waals surface area contributed by atoms with Gasteiger partial charge in [0.1, 0.15) is 5.52 Å². The molecule has 3 N–H and O–H groups in total. The molecule has 130 valence electrons. The van der Waals surface area contributed by atoms with Crippen molar-refractivity contribution in [2.45, 2.75) is 50.4 Å². The Kier molecular flexibility index (Phi) is 3.78. The van der Waals surface area contributed by atoms with Crippen molar-refractivity contribution < 1.29 is 23.1 Å². The molecule has 1 aliphatic rings. The smallest absolute Gasteiger partial charge is 0.379 e. The van der Waals surface area contributed by atoms with Gasteiger partial charge in [-0.2, -0.15) is 13.2 Å². The van der Waals surface area contributed by atoms with E-state index in [9.17, 15) is 23.1 Å². The van der Waals surface area contributed by atoms with Crippen LogP contribution < -0.4 is 5.32 Å². The fraction of sp³-hybridized carbons (Fsp3) is 0.533. The third-order valence-electron chi connectivity index (χ3n) is 4.40. The molecule has 0 unspecified atom stereocenters. The predicted molar refractivity (Wildman–Crippen MR) is 79.5 cm³/mol. The summed E-state index contributed by atoms with van der Waals surface area (Å²) in [5, 5.41) is 11.8. The lowest BCUT2D eigenvalue weighted by Gasteiger charge is -2.32. The first-order valence-corrected chi connectivity index (χ1v) is 7.55. The largest absolute Gasteiger partial charge is 0.418 e. The van der Waals surface area contributed by atoms with E-state index in [1.165, 1.54) is 6.20 Å². The summed E-state index contributed by atoms with van der Waals surface area (Å²) >= 11 is 0. The molecule has 1 saturated carbocycles. The Morgan fingerprint density at radius 3 is 2.71 bits per heavy atom. The molecule has 0 aliphatic heterocycles. The maximum atomic E-state index is 12.8. The van der Waals surface area contributed by atoms with Crippen molar-refractivity contribution in [2.24, 2.45) is 0 Å². The molecule has 0 saturated heterocycles. The van der Waals surface area contributed by atoms with Crippen LogP contribution >= 0.6 is 0 Å². The topological polar surface area (TPSA) is 90.9 Å². The van der Waals surface area contributed by atoms with Gasteiger partial charge < -0.3 is 15.4 Å². The van der Waals surface area contributed by atoms with Crippen molar-refractivity contribution in [1.29, 1.82) is 0 Å². The molecule has 3 rings (SSSR count). The molecular formula is C15H17F3N4O2. The zero-order valence-electron chi connectivity index (χ0n) is 13.1. The zero-order chi connectivity index (χ0) is 17.7. The highest BCUT2D eigenvalue weighted by Gasteiger charge is 2.54. The molecule has 1 fully saturated rings. The van der Waals surface area contributed by atoms with Gasteiger partial charge in [-0.3, -0.25) is 4.79 Å². The number of H-pyrrole nitrogens is 1. The van der Waals surface area contributed by atoms with Crippen LogP contribution in [0.4, 0.5) is 13.2 Å². The number of hydrogen-bond donors (Lipinski definition) is 3. The molecule has 0 aromatic carbocycles. The predicted octanol–water partition coefficient (Wildman–Crippen LogP) is 2.27. The summed E-state index contributed by atoms with van der Waals surface area (Å²) in [6.07, 6.45) is 0.148. The fourth-order valence-electron chi connectivity index (χ4n) is 2.31. The summed E-state index contributed by atoms with van der Waals surface area (Å²) in [7, 11) is 0. The lowest BCUT2D eigenvalue weighted by atomic mass is 9.97. The van der Waals surface area contributed by atoms with Crippen molar-refractivity contribution in [3.63, 3.8) is 0 Å². The van der Waals surface area contributed by atoms with E-state index in [1.54, 1.807) is 6.20 Å². The van der Waals surface area contributed by atoms with Crippen LogP contribution in [0.15, 0.2) is 12.4 Å². The minimum atomic E-state index is -4.86. The quantitative estimate of drug-likeness (QED) is 0.795. The molecule has 0 spiro atoms. The van der Waals surface area contributed by atoms with Gasteiger partial charge in [0.15, 0.2) is 11.2 Å². The van der Waals surface area contributed by atoms with Crippen LogP contribution in [0, 0.1) is 0 Å². The standard InChI is InChI=1S/C15H17F3N4O2/c1-7(14(2,24)15(16,17)18)21-13(23)9-5-19-12-11(9)22-10(6-20-12)8-3-4-8/h5-8,24H,3-4H2,1-2H3,(H,19,20)(H,21,23)/t7-,14+/m0/s1. The number of halogens is 3. The Bertz CT molecular complexity index is 781. The van der Waals surface area contributed by atoms with Gasteiger partial charge >= 0.3 is 6.18 Å². The summed E-state index contributed by atoms with van der Waals surface area (Å²) in [4.78, 5) is 23.7. The van der Waals surface area contributed by atoms with E-state index in [-0.39, 0.29) is 5.56 Å². The second kappa shape index (κ2) is 5.44.